The zero-order valence-corrected chi connectivity index (χ0v) is 15.2. The van der Waals surface area contributed by atoms with Crippen molar-refractivity contribution in [1.29, 1.82) is 0 Å². The van der Waals surface area contributed by atoms with E-state index in [0.717, 1.165) is 16.7 Å². The summed E-state index contributed by atoms with van der Waals surface area (Å²) in [6.07, 6.45) is 0.672. The summed E-state index contributed by atoms with van der Waals surface area (Å²) in [5.74, 6) is -0.187. The molecule has 0 fully saturated rings. The van der Waals surface area contributed by atoms with Gasteiger partial charge >= 0.3 is 0 Å². The second-order valence-corrected chi connectivity index (χ2v) is 7.89. The van der Waals surface area contributed by atoms with Crippen molar-refractivity contribution in [1.82, 2.24) is 4.72 Å². The lowest BCUT2D eigenvalue weighted by Crippen LogP contribution is -2.34. The second-order valence-electron chi connectivity index (χ2n) is 6.17. The summed E-state index contributed by atoms with van der Waals surface area (Å²) in [7, 11) is -3.66. The summed E-state index contributed by atoms with van der Waals surface area (Å²) < 4.78 is 28.3. The molecule has 2 aromatic rings. The van der Waals surface area contributed by atoms with E-state index in [-0.39, 0.29) is 17.4 Å². The van der Waals surface area contributed by atoms with E-state index in [4.69, 9.17) is 0 Å². The van der Waals surface area contributed by atoms with Crippen LogP contribution in [0, 0.1) is 19.8 Å². The van der Waals surface area contributed by atoms with Gasteiger partial charge in [0.2, 0.25) is 10.0 Å². The van der Waals surface area contributed by atoms with Crippen molar-refractivity contribution in [2.24, 2.45) is 5.92 Å². The molecular weight excluding hydrogens is 322 g/mol. The van der Waals surface area contributed by atoms with Gasteiger partial charge in [0, 0.05) is 12.5 Å². The summed E-state index contributed by atoms with van der Waals surface area (Å²) >= 11 is 0. The highest BCUT2D eigenvalue weighted by atomic mass is 32.2. The molecule has 0 spiro atoms. The summed E-state index contributed by atoms with van der Waals surface area (Å²) in [6, 6.07) is 14.0. The third-order valence-electron chi connectivity index (χ3n) is 4.28. The average molecular weight is 347 g/mol. The molecular formula is C19H25NO3S. The van der Waals surface area contributed by atoms with E-state index in [0.29, 0.717) is 6.42 Å². The fourth-order valence-corrected chi connectivity index (χ4v) is 3.93. The molecule has 2 aromatic carbocycles. The lowest BCUT2D eigenvalue weighted by atomic mass is 9.92. The lowest BCUT2D eigenvalue weighted by molar-refractivity contribution is 0.195. The lowest BCUT2D eigenvalue weighted by Gasteiger charge is -2.26. The van der Waals surface area contributed by atoms with Gasteiger partial charge in [0.1, 0.15) is 0 Å². The van der Waals surface area contributed by atoms with Gasteiger partial charge in [0.05, 0.1) is 10.9 Å². The van der Waals surface area contributed by atoms with E-state index < -0.39 is 16.1 Å². The number of benzene rings is 2. The van der Waals surface area contributed by atoms with Crippen LogP contribution in [0.2, 0.25) is 0 Å². The van der Waals surface area contributed by atoms with Crippen LogP contribution in [0.5, 0.6) is 0 Å². The van der Waals surface area contributed by atoms with E-state index in [2.05, 4.69) is 4.72 Å². The third-order valence-corrected chi connectivity index (χ3v) is 5.74. The fourth-order valence-electron chi connectivity index (χ4n) is 2.63. The normalized spacial score (nSPS) is 14.3. The van der Waals surface area contributed by atoms with E-state index in [9.17, 15) is 13.5 Å². The van der Waals surface area contributed by atoms with Gasteiger partial charge in [0.15, 0.2) is 0 Å². The van der Waals surface area contributed by atoms with Crippen molar-refractivity contribution < 1.29 is 13.5 Å². The van der Waals surface area contributed by atoms with E-state index in [1.807, 2.05) is 45.0 Å². The molecule has 0 aliphatic carbocycles. The Morgan fingerprint density at radius 1 is 0.958 bits per heavy atom. The molecule has 0 heterocycles. The molecule has 2 N–H and O–H groups in total. The van der Waals surface area contributed by atoms with Crippen LogP contribution in [0.4, 0.5) is 0 Å². The highest BCUT2D eigenvalue weighted by Gasteiger charge is 2.27. The SMILES string of the molecule is CC[C@@H](CO)[C@H](NS(=O)(=O)c1ccc(C)cc1)c1ccc(C)cc1. The molecule has 0 aromatic heterocycles. The maximum atomic E-state index is 12.7. The molecule has 130 valence electrons. The van der Waals surface area contributed by atoms with Gasteiger partial charge < -0.3 is 5.11 Å². The standard InChI is InChI=1S/C19H25NO3S/c1-4-16(13-21)19(17-9-5-14(2)6-10-17)20-24(22,23)18-11-7-15(3)8-12-18/h5-12,16,19-21H,4,13H2,1-3H3/t16-,19-/m0/s1. The molecule has 2 rings (SSSR count). The number of rotatable bonds is 7. The number of sulfonamides is 1. The number of nitrogens with one attached hydrogen (secondary N) is 1. The Morgan fingerprint density at radius 2 is 1.46 bits per heavy atom. The zero-order valence-electron chi connectivity index (χ0n) is 14.4. The Kier molecular flexibility index (Phi) is 6.15. The van der Waals surface area contributed by atoms with Crippen LogP contribution in [0.15, 0.2) is 53.4 Å². The van der Waals surface area contributed by atoms with Gasteiger partial charge in [0.25, 0.3) is 0 Å². The summed E-state index contributed by atoms with van der Waals surface area (Å²) in [5, 5.41) is 9.68. The van der Waals surface area contributed by atoms with Gasteiger partial charge in [-0.1, -0.05) is 54.4 Å². The van der Waals surface area contributed by atoms with Gasteiger partial charge in [-0.2, -0.15) is 0 Å². The first-order chi connectivity index (χ1) is 11.4. The minimum atomic E-state index is -3.66. The minimum absolute atomic E-state index is 0.0779. The number of hydrogen-bond acceptors (Lipinski definition) is 3. The van der Waals surface area contributed by atoms with Crippen LogP contribution in [-0.2, 0) is 10.0 Å². The van der Waals surface area contributed by atoms with Crippen LogP contribution in [-0.4, -0.2) is 20.1 Å². The Bertz CT molecular complexity index is 748. The van der Waals surface area contributed by atoms with Gasteiger partial charge in [-0.3, -0.25) is 0 Å². The van der Waals surface area contributed by atoms with E-state index in [1.54, 1.807) is 24.3 Å². The van der Waals surface area contributed by atoms with Crippen molar-refractivity contribution in [2.75, 3.05) is 6.61 Å². The van der Waals surface area contributed by atoms with Crippen LogP contribution in [0.1, 0.15) is 36.1 Å². The van der Waals surface area contributed by atoms with Crippen molar-refractivity contribution in [3.05, 3.63) is 65.2 Å². The Hall–Kier alpha value is -1.69. The van der Waals surface area contributed by atoms with Gasteiger partial charge in [-0.05, 0) is 38.0 Å². The molecule has 0 bridgehead atoms. The van der Waals surface area contributed by atoms with Crippen molar-refractivity contribution >= 4 is 10.0 Å². The fraction of sp³-hybridized carbons (Fsp3) is 0.368. The van der Waals surface area contributed by atoms with Crippen molar-refractivity contribution in [3.63, 3.8) is 0 Å². The zero-order chi connectivity index (χ0) is 17.7. The molecule has 0 aliphatic heterocycles. The van der Waals surface area contributed by atoms with Crippen molar-refractivity contribution in [3.8, 4) is 0 Å². The van der Waals surface area contributed by atoms with Crippen LogP contribution >= 0.6 is 0 Å². The van der Waals surface area contributed by atoms with E-state index in [1.165, 1.54) is 0 Å². The quantitative estimate of drug-likeness (QED) is 0.807. The first-order valence-corrected chi connectivity index (χ1v) is 9.62. The summed E-state index contributed by atoms with van der Waals surface area (Å²) in [6.45, 7) is 5.77. The Labute approximate surface area is 144 Å². The molecule has 0 saturated heterocycles. The van der Waals surface area contributed by atoms with Crippen LogP contribution < -0.4 is 4.72 Å². The maximum Gasteiger partial charge on any atom is 0.241 e. The Morgan fingerprint density at radius 3 is 1.92 bits per heavy atom. The van der Waals surface area contributed by atoms with E-state index >= 15 is 0 Å². The molecule has 0 unspecified atom stereocenters. The molecule has 0 radical (unpaired) electrons. The molecule has 5 heteroatoms. The highest BCUT2D eigenvalue weighted by molar-refractivity contribution is 7.89. The molecule has 0 amide bonds. The average Bonchev–Trinajstić information content (AvgIpc) is 2.56. The smallest absolute Gasteiger partial charge is 0.241 e. The minimum Gasteiger partial charge on any atom is -0.396 e. The summed E-state index contributed by atoms with van der Waals surface area (Å²) in [4.78, 5) is 0.234. The molecule has 2 atom stereocenters. The predicted octanol–water partition coefficient (Wildman–Crippen LogP) is 3.34. The first kappa shape index (κ1) is 18.6. The monoisotopic (exact) mass is 347 g/mol. The number of hydrogen-bond donors (Lipinski definition) is 2. The molecule has 0 aliphatic rings. The van der Waals surface area contributed by atoms with Gasteiger partial charge in [-0.25, -0.2) is 13.1 Å². The molecule has 24 heavy (non-hydrogen) atoms. The highest BCUT2D eigenvalue weighted by Crippen LogP contribution is 2.27. The summed E-state index contributed by atoms with van der Waals surface area (Å²) in [5.41, 5.74) is 2.97. The van der Waals surface area contributed by atoms with Crippen LogP contribution in [0.25, 0.3) is 0 Å². The maximum absolute atomic E-state index is 12.7. The number of aliphatic hydroxyl groups excluding tert-OH is 1. The number of aryl methyl sites for hydroxylation is 2. The largest absolute Gasteiger partial charge is 0.396 e. The first-order valence-electron chi connectivity index (χ1n) is 8.13. The van der Waals surface area contributed by atoms with Crippen molar-refractivity contribution in [2.45, 2.75) is 38.1 Å². The second kappa shape index (κ2) is 7.92. The Balaban J connectivity index is 2.37. The van der Waals surface area contributed by atoms with Gasteiger partial charge in [-0.15, -0.1) is 0 Å². The third kappa shape index (κ3) is 4.44. The molecule has 0 saturated carbocycles. The van der Waals surface area contributed by atoms with Crippen LogP contribution in [0.3, 0.4) is 0 Å². The molecule has 4 nitrogen and oxygen atoms in total. The number of aliphatic hydroxyl groups is 1. The topological polar surface area (TPSA) is 66.4 Å². The predicted molar refractivity (Wildman–Crippen MR) is 96.3 cm³/mol.